The second-order valence-electron chi connectivity index (χ2n) is 16.6. The van der Waals surface area contributed by atoms with Gasteiger partial charge in [-0.3, -0.25) is 10.2 Å². The number of hydrogen-bond acceptors (Lipinski definition) is 32. The standard InChI is InChI=1S/C7H11NS3.C7H5NS2.C6H10N2S3.C5H8N2S4.C5H6S2.C4H5NS3.C4H5NS2.C4H4S3.C4H4S2.C3H4S5/c1-7(2,3)4-5(9)11-6(10)8-4;9-7-8-5-3-1-2-4-6(5)10-7;1-2-3-4-10-6-8-7-5(9)11-6;8-2-1-3-10-5-7-6-4(9)11-5;1-4-2-3-5(6)7-4;1-2-3(6)8-4(7)5-2;6-4-3-5-1-2-7-4;5-3-1-2-4(6)7-3;5-4-2-1-3-6-4;4-1-2(5)8-3(6)7-1/h9H,1-3H3,(H,8,10);1-4H,(H,8,9);2-4H2,1H3,(H,7,9);8H,1-3H2,(H,6,9);2-3,6H,1H3;6H,1H3,(H,5,7);1-3,5-6H;1-2,5-6H;1-3,5H;1-2,4-5H. The first-order valence-corrected chi connectivity index (χ1v) is 42.7. The summed E-state index contributed by atoms with van der Waals surface area (Å²) in [6.07, 6.45) is 7.30. The Hall–Kier alpha value is 2.31. The van der Waals surface area contributed by atoms with Gasteiger partial charge in [0, 0.05) is 45.6 Å². The molecule has 1 saturated heterocycles. The predicted molar refractivity (Wildman–Crippen MR) is 450 cm³/mol. The number of thioether (sulfide) groups is 5. The molecule has 10 heterocycles. The Balaban J connectivity index is 0.000000328. The number of nitrogens with zero attached hydrogens (tertiary/aromatic N) is 2. The zero-order chi connectivity index (χ0) is 64.2. The molecule has 2 atom stereocenters. The van der Waals surface area contributed by atoms with Crippen LogP contribution in [0.1, 0.15) is 63.2 Å². The minimum Gasteiger partial charge on any atom is -0.366 e. The molecule has 1 aromatic carbocycles. The molecule has 0 aliphatic carbocycles. The van der Waals surface area contributed by atoms with Crippen LogP contribution in [0.4, 0.5) is 0 Å². The van der Waals surface area contributed by atoms with E-state index < -0.39 is 0 Å². The molecular formula is C49H62N8S29. The normalized spacial score (nSPS) is 13.5. The third-order valence-electron chi connectivity index (χ3n) is 8.64. The summed E-state index contributed by atoms with van der Waals surface area (Å²) in [6, 6.07) is 20.0. The van der Waals surface area contributed by atoms with Crippen molar-refractivity contribution >= 4 is 363 Å². The number of nitrogens with one attached hydrogen (secondary N) is 6. The zero-order valence-corrected chi connectivity index (χ0v) is 70.6. The number of fused-ring (bicyclic) bond motifs is 1. The molecular weight excluding hydrogens is 1630 g/mol. The lowest BCUT2D eigenvalue weighted by Gasteiger charge is -2.16. The van der Waals surface area contributed by atoms with Crippen LogP contribution in [0.2, 0.25) is 0 Å². The number of unbranched alkanes of at least 4 members (excludes halogenated alkanes) is 1. The summed E-state index contributed by atoms with van der Waals surface area (Å²) in [4.78, 5) is 10.5. The van der Waals surface area contributed by atoms with E-state index in [1.54, 1.807) is 115 Å². The van der Waals surface area contributed by atoms with E-state index in [-0.39, 0.29) is 14.6 Å². The Labute approximate surface area is 644 Å². The van der Waals surface area contributed by atoms with Crippen LogP contribution in [0, 0.1) is 33.6 Å². The summed E-state index contributed by atoms with van der Waals surface area (Å²) in [7, 11) is 0. The maximum Gasteiger partial charge on any atom is 0.177 e. The van der Waals surface area contributed by atoms with Crippen molar-refractivity contribution in [1.29, 1.82) is 0 Å². The molecule has 0 radical (unpaired) electrons. The molecule has 11 rings (SSSR count). The minimum atomic E-state index is 0.116. The Morgan fingerprint density at radius 3 is 1.43 bits per heavy atom. The van der Waals surface area contributed by atoms with Crippen LogP contribution >= 0.6 is 349 Å². The molecule has 8 nitrogen and oxygen atoms in total. The molecule has 0 bridgehead atoms. The van der Waals surface area contributed by atoms with Crippen molar-refractivity contribution in [2.45, 2.75) is 109 Å². The number of aromatic amines is 5. The molecule has 2 aliphatic heterocycles. The molecule has 0 saturated carbocycles. The van der Waals surface area contributed by atoms with Gasteiger partial charge in [0.25, 0.3) is 0 Å². The first kappa shape index (κ1) is 84.4. The maximum absolute atomic E-state index is 5.00. The highest BCUT2D eigenvalue weighted by Crippen LogP contribution is 2.43. The third kappa shape index (κ3) is 40.6. The molecule has 1 fully saturated rings. The van der Waals surface area contributed by atoms with Crippen LogP contribution in [-0.2, 0) is 5.41 Å². The molecule has 86 heavy (non-hydrogen) atoms. The number of aryl methyl sites for hydroxylation is 2. The first-order chi connectivity index (χ1) is 40.7. The Kier molecular flexibility index (Phi) is 48.0. The van der Waals surface area contributed by atoms with Gasteiger partial charge in [0.2, 0.25) is 0 Å². The van der Waals surface area contributed by atoms with Gasteiger partial charge in [-0.1, -0.05) is 169 Å². The van der Waals surface area contributed by atoms with Gasteiger partial charge < -0.3 is 20.3 Å². The number of H-pyrrole nitrogens is 5. The second kappa shape index (κ2) is 48.9. The van der Waals surface area contributed by atoms with Gasteiger partial charge in [0.05, 0.1) is 48.9 Å². The van der Waals surface area contributed by atoms with Crippen LogP contribution in [0.15, 0.2) is 122 Å². The summed E-state index contributed by atoms with van der Waals surface area (Å²) in [5, 5.41) is 20.4. The van der Waals surface area contributed by atoms with E-state index >= 15 is 0 Å². The van der Waals surface area contributed by atoms with E-state index in [4.69, 9.17) is 73.3 Å². The summed E-state index contributed by atoms with van der Waals surface area (Å²) in [5.74, 6) is 3.15. The van der Waals surface area contributed by atoms with Crippen molar-refractivity contribution in [3.8, 4) is 0 Å². The molecule has 9 aromatic rings. The van der Waals surface area contributed by atoms with Crippen molar-refractivity contribution in [3.05, 3.63) is 124 Å². The molecule has 6 N–H and O–H groups in total. The fourth-order valence-electron chi connectivity index (χ4n) is 4.85. The predicted octanol–water partition coefficient (Wildman–Crippen LogP) is 25.0. The number of para-hydroxylation sites is 1. The second-order valence-corrected chi connectivity index (χ2v) is 43.1. The van der Waals surface area contributed by atoms with Crippen LogP contribution < -0.4 is 5.32 Å². The number of hydrogen-bond donors (Lipinski definition) is 16. The molecule has 2 unspecified atom stereocenters. The number of benzene rings is 1. The zero-order valence-electron chi connectivity index (χ0n) is 46.1. The number of thiocarbonyl (C=S) groups is 1. The fraction of sp³-hybridized carbons (Fsp3) is 0.306. The third-order valence-corrected chi connectivity index (χ3v) is 27.7. The van der Waals surface area contributed by atoms with Crippen molar-refractivity contribution in [1.82, 2.24) is 40.7 Å². The summed E-state index contributed by atoms with van der Waals surface area (Å²) < 4.78 is 16.0. The quantitative estimate of drug-likeness (QED) is 0.0306. The van der Waals surface area contributed by atoms with Crippen molar-refractivity contribution < 1.29 is 0 Å². The van der Waals surface area contributed by atoms with Gasteiger partial charge in [0.15, 0.2) is 28.5 Å². The van der Waals surface area contributed by atoms with Crippen molar-refractivity contribution in [2.24, 2.45) is 0 Å². The number of rotatable bonds is 8. The van der Waals surface area contributed by atoms with Gasteiger partial charge in [-0.25, -0.2) is 0 Å². The van der Waals surface area contributed by atoms with Gasteiger partial charge in [-0.15, -0.1) is 134 Å². The fourth-order valence-corrected chi connectivity index (χ4v) is 22.4. The maximum atomic E-state index is 5.00. The minimum absolute atomic E-state index is 0.116. The molecule has 0 amide bonds. The number of thiophene rings is 3. The Morgan fingerprint density at radius 2 is 1.14 bits per heavy atom. The van der Waals surface area contributed by atoms with E-state index in [2.05, 4.69) is 214 Å². The molecule has 0 spiro atoms. The highest BCUT2D eigenvalue weighted by molar-refractivity contribution is 8.53. The molecule has 2 aliphatic rings. The topological polar surface area (TPSA) is 117 Å². The summed E-state index contributed by atoms with van der Waals surface area (Å²) >= 11 is 91.9. The number of thiazole rings is 3. The Morgan fingerprint density at radius 1 is 0.593 bits per heavy atom. The van der Waals surface area contributed by atoms with Gasteiger partial charge >= 0.3 is 0 Å². The number of thiol groups is 10. The van der Waals surface area contributed by atoms with E-state index in [0.717, 1.165) is 102 Å². The number of aromatic nitrogens is 7. The SMILES string of the molecule is CC(C)(C)c1[nH]c(=S)sc1S.CCCCSc1n[nH]c(=S)s1.Cc1[nH]c(=S)sc1S.Cc1ccc(S)s1.S=C1SC(S)C(S)S1.S=c1[nH]c2ccccc2s1.S=c1[nH]nc(SCCCS)s1.SC1=CNC=CS1.Sc1ccc(S)s1.Sc1cccs1. The first-order valence-electron chi connectivity index (χ1n) is 24.2. The smallest absolute Gasteiger partial charge is 0.177 e. The van der Waals surface area contributed by atoms with E-state index in [0.29, 0.717) is 0 Å². The molecule has 37 heteroatoms. The van der Waals surface area contributed by atoms with Crippen LogP contribution in [-0.4, -0.2) is 65.3 Å². The monoisotopic (exact) mass is 1690 g/mol. The van der Waals surface area contributed by atoms with Gasteiger partial charge in [-0.05, 0) is 147 Å². The molecule has 472 valence electrons. The highest BCUT2D eigenvalue weighted by atomic mass is 32.3. The average Bonchev–Trinajstić information content (AvgIpc) is 3.37. The molecule has 8 aromatic heterocycles. The van der Waals surface area contributed by atoms with Crippen molar-refractivity contribution in [2.75, 3.05) is 17.3 Å². The van der Waals surface area contributed by atoms with Crippen LogP contribution in [0.3, 0.4) is 0 Å². The van der Waals surface area contributed by atoms with Crippen LogP contribution in [0.5, 0.6) is 0 Å². The highest BCUT2D eigenvalue weighted by Gasteiger charge is 2.26. The summed E-state index contributed by atoms with van der Waals surface area (Å²) in [6.45, 7) is 12.6. The van der Waals surface area contributed by atoms with Gasteiger partial charge in [-0.2, -0.15) is 48.1 Å². The largest absolute Gasteiger partial charge is 0.366 e. The van der Waals surface area contributed by atoms with E-state index in [9.17, 15) is 0 Å². The van der Waals surface area contributed by atoms with Crippen LogP contribution in [0.25, 0.3) is 10.2 Å². The lowest BCUT2D eigenvalue weighted by atomic mass is 9.93. The van der Waals surface area contributed by atoms with E-state index in [1.165, 1.54) is 56.4 Å². The van der Waals surface area contributed by atoms with Crippen molar-refractivity contribution in [3.63, 3.8) is 0 Å². The van der Waals surface area contributed by atoms with Gasteiger partial charge in [0.1, 0.15) is 3.53 Å². The van der Waals surface area contributed by atoms with E-state index in [1.807, 2.05) is 78.6 Å². The lowest BCUT2D eigenvalue weighted by Crippen LogP contribution is -2.12. The summed E-state index contributed by atoms with van der Waals surface area (Å²) in [5.41, 5.74) is 3.45. The lowest BCUT2D eigenvalue weighted by molar-refractivity contribution is 0.562. The average molecular weight is 1690 g/mol. The Bertz CT molecular complexity index is 3430.